The Morgan fingerprint density at radius 2 is 2.10 bits per heavy atom. The first-order valence-electron chi connectivity index (χ1n) is 6.22. The van der Waals surface area contributed by atoms with Crippen LogP contribution in [0.2, 0.25) is 0 Å². The maximum atomic E-state index is 12.9. The van der Waals surface area contributed by atoms with Crippen LogP contribution in [-0.4, -0.2) is 41.7 Å². The lowest BCUT2D eigenvalue weighted by molar-refractivity contribution is -0.144. The van der Waals surface area contributed by atoms with Crippen LogP contribution in [0.25, 0.3) is 0 Å². The van der Waals surface area contributed by atoms with Crippen molar-refractivity contribution in [2.75, 3.05) is 19.6 Å². The lowest BCUT2D eigenvalue weighted by Gasteiger charge is -2.33. The molecule has 0 bridgehead atoms. The average Bonchev–Trinajstić information content (AvgIpc) is 2.38. The van der Waals surface area contributed by atoms with Crippen molar-refractivity contribution < 1.29 is 23.1 Å². The Morgan fingerprint density at radius 1 is 1.40 bits per heavy atom. The van der Waals surface area contributed by atoms with Crippen LogP contribution >= 0.6 is 0 Å². The Kier molecular flexibility index (Phi) is 4.29. The van der Waals surface area contributed by atoms with Gasteiger partial charge in [-0.05, 0) is 11.6 Å². The molecule has 7 heteroatoms. The normalized spacial score (nSPS) is 20.9. The van der Waals surface area contributed by atoms with Gasteiger partial charge in [0, 0.05) is 26.2 Å². The molecule has 20 heavy (non-hydrogen) atoms. The predicted octanol–water partition coefficient (Wildman–Crippen LogP) is 1.56. The Labute approximate surface area is 114 Å². The Morgan fingerprint density at radius 3 is 2.75 bits per heavy atom. The van der Waals surface area contributed by atoms with Crippen molar-refractivity contribution in [1.82, 2.24) is 10.2 Å². The Hall–Kier alpha value is -1.60. The molecule has 1 fully saturated rings. The number of aliphatic carboxylic acids is 1. The molecule has 1 saturated heterocycles. The van der Waals surface area contributed by atoms with Gasteiger partial charge in [-0.3, -0.25) is 9.69 Å². The standard InChI is InChI=1S/C13H15F3N2O2/c14-13(15,16)10-4-2-1-3-9(10)8-18-6-5-17-7-11(18)12(19)20/h1-4,11,17H,5-8H2,(H,19,20). The summed E-state index contributed by atoms with van der Waals surface area (Å²) in [6.07, 6.45) is -4.43. The van der Waals surface area contributed by atoms with Crippen molar-refractivity contribution in [1.29, 1.82) is 0 Å². The molecule has 1 aliphatic heterocycles. The molecular formula is C13H15F3N2O2. The van der Waals surface area contributed by atoms with Gasteiger partial charge in [-0.1, -0.05) is 18.2 Å². The van der Waals surface area contributed by atoms with E-state index in [1.807, 2.05) is 0 Å². The number of hydrogen-bond acceptors (Lipinski definition) is 3. The second-order valence-corrected chi connectivity index (χ2v) is 4.68. The number of alkyl halides is 3. The van der Waals surface area contributed by atoms with Gasteiger partial charge in [0.2, 0.25) is 0 Å². The van der Waals surface area contributed by atoms with Crippen LogP contribution in [0.3, 0.4) is 0 Å². The number of piperazine rings is 1. The summed E-state index contributed by atoms with van der Waals surface area (Å²) >= 11 is 0. The van der Waals surface area contributed by atoms with Gasteiger partial charge in [0.1, 0.15) is 6.04 Å². The van der Waals surface area contributed by atoms with E-state index in [1.54, 1.807) is 4.90 Å². The Balaban J connectivity index is 2.23. The summed E-state index contributed by atoms with van der Waals surface area (Å²) in [4.78, 5) is 12.7. The zero-order valence-electron chi connectivity index (χ0n) is 10.7. The third-order valence-corrected chi connectivity index (χ3v) is 3.34. The topological polar surface area (TPSA) is 52.6 Å². The maximum Gasteiger partial charge on any atom is 0.416 e. The number of benzene rings is 1. The van der Waals surface area contributed by atoms with Crippen LogP contribution in [0, 0.1) is 0 Å². The summed E-state index contributed by atoms with van der Waals surface area (Å²) in [7, 11) is 0. The second kappa shape index (κ2) is 5.80. The molecule has 0 spiro atoms. The third-order valence-electron chi connectivity index (χ3n) is 3.34. The van der Waals surface area contributed by atoms with Crippen LogP contribution in [-0.2, 0) is 17.5 Å². The lowest BCUT2D eigenvalue weighted by Crippen LogP contribution is -2.54. The maximum absolute atomic E-state index is 12.9. The molecule has 4 nitrogen and oxygen atoms in total. The highest BCUT2D eigenvalue weighted by molar-refractivity contribution is 5.74. The zero-order chi connectivity index (χ0) is 14.8. The van der Waals surface area contributed by atoms with Crippen LogP contribution in [0.5, 0.6) is 0 Å². The highest BCUT2D eigenvalue weighted by atomic mass is 19.4. The summed E-state index contributed by atoms with van der Waals surface area (Å²) in [5.41, 5.74) is -0.601. The van der Waals surface area contributed by atoms with Gasteiger partial charge in [0.15, 0.2) is 0 Å². The number of carboxylic acid groups (broad SMARTS) is 1. The van der Waals surface area contributed by atoms with Gasteiger partial charge in [-0.2, -0.15) is 13.2 Å². The molecule has 1 aliphatic rings. The van der Waals surface area contributed by atoms with Gasteiger partial charge in [0.05, 0.1) is 5.56 Å². The summed E-state index contributed by atoms with van der Waals surface area (Å²) in [5.74, 6) is -1.03. The number of carbonyl (C=O) groups is 1. The Bertz CT molecular complexity index is 491. The molecule has 1 atom stereocenters. The van der Waals surface area contributed by atoms with E-state index in [2.05, 4.69) is 5.32 Å². The minimum absolute atomic E-state index is 0.0195. The van der Waals surface area contributed by atoms with E-state index in [0.717, 1.165) is 6.07 Å². The first-order valence-corrected chi connectivity index (χ1v) is 6.22. The van der Waals surface area contributed by atoms with Crippen molar-refractivity contribution in [3.8, 4) is 0 Å². The minimum Gasteiger partial charge on any atom is -0.480 e. The number of carboxylic acids is 1. The number of nitrogens with zero attached hydrogens (tertiary/aromatic N) is 1. The first-order chi connectivity index (χ1) is 9.39. The van der Waals surface area contributed by atoms with E-state index < -0.39 is 23.8 Å². The fourth-order valence-corrected chi connectivity index (χ4v) is 2.33. The van der Waals surface area contributed by atoms with Crippen molar-refractivity contribution in [3.63, 3.8) is 0 Å². The molecule has 1 aromatic carbocycles. The molecule has 1 unspecified atom stereocenters. The van der Waals surface area contributed by atoms with Gasteiger partial charge >= 0.3 is 12.1 Å². The summed E-state index contributed by atoms with van der Waals surface area (Å²) in [5, 5.41) is 12.0. The van der Waals surface area contributed by atoms with E-state index in [-0.39, 0.29) is 18.7 Å². The summed E-state index contributed by atoms with van der Waals surface area (Å²) in [6, 6.07) is 4.48. The van der Waals surface area contributed by atoms with Gasteiger partial charge < -0.3 is 10.4 Å². The number of rotatable bonds is 3. The number of nitrogens with one attached hydrogen (secondary N) is 1. The van der Waals surface area contributed by atoms with Crippen molar-refractivity contribution in [2.45, 2.75) is 18.8 Å². The largest absolute Gasteiger partial charge is 0.480 e. The van der Waals surface area contributed by atoms with E-state index in [1.165, 1.54) is 18.2 Å². The van der Waals surface area contributed by atoms with Crippen LogP contribution in [0.4, 0.5) is 13.2 Å². The lowest BCUT2D eigenvalue weighted by atomic mass is 10.0. The van der Waals surface area contributed by atoms with Gasteiger partial charge in [-0.25, -0.2) is 0 Å². The fraction of sp³-hybridized carbons (Fsp3) is 0.462. The number of hydrogen-bond donors (Lipinski definition) is 2. The van der Waals surface area contributed by atoms with Crippen molar-refractivity contribution >= 4 is 5.97 Å². The molecule has 1 heterocycles. The van der Waals surface area contributed by atoms with Crippen LogP contribution in [0.1, 0.15) is 11.1 Å². The van der Waals surface area contributed by atoms with E-state index >= 15 is 0 Å². The van der Waals surface area contributed by atoms with Crippen molar-refractivity contribution in [3.05, 3.63) is 35.4 Å². The van der Waals surface area contributed by atoms with E-state index in [9.17, 15) is 18.0 Å². The summed E-state index contributed by atoms with van der Waals surface area (Å²) < 4.78 is 38.7. The van der Waals surface area contributed by atoms with Crippen LogP contribution < -0.4 is 5.32 Å². The molecule has 0 aliphatic carbocycles. The number of halogens is 3. The fourth-order valence-electron chi connectivity index (χ4n) is 2.33. The monoisotopic (exact) mass is 288 g/mol. The van der Waals surface area contributed by atoms with Crippen molar-refractivity contribution in [2.24, 2.45) is 0 Å². The molecule has 2 N–H and O–H groups in total. The SMILES string of the molecule is O=C(O)C1CNCCN1Cc1ccccc1C(F)(F)F. The van der Waals surface area contributed by atoms with E-state index in [0.29, 0.717) is 13.1 Å². The third kappa shape index (κ3) is 3.29. The molecule has 0 saturated carbocycles. The molecule has 2 rings (SSSR count). The van der Waals surface area contributed by atoms with Gasteiger partial charge in [-0.15, -0.1) is 0 Å². The predicted molar refractivity (Wildman–Crippen MR) is 66.1 cm³/mol. The average molecular weight is 288 g/mol. The molecular weight excluding hydrogens is 273 g/mol. The molecule has 0 radical (unpaired) electrons. The highest BCUT2D eigenvalue weighted by Crippen LogP contribution is 2.32. The zero-order valence-corrected chi connectivity index (χ0v) is 10.7. The van der Waals surface area contributed by atoms with Crippen LogP contribution in [0.15, 0.2) is 24.3 Å². The second-order valence-electron chi connectivity index (χ2n) is 4.68. The van der Waals surface area contributed by atoms with E-state index in [4.69, 9.17) is 5.11 Å². The summed E-state index contributed by atoms with van der Waals surface area (Å²) in [6.45, 7) is 1.19. The minimum atomic E-state index is -4.43. The highest BCUT2D eigenvalue weighted by Gasteiger charge is 2.35. The molecule has 110 valence electrons. The first kappa shape index (κ1) is 14.8. The van der Waals surface area contributed by atoms with Gasteiger partial charge in [0.25, 0.3) is 0 Å². The smallest absolute Gasteiger partial charge is 0.416 e. The quantitative estimate of drug-likeness (QED) is 0.886. The molecule has 0 aromatic heterocycles. The molecule has 0 amide bonds. The molecule has 1 aromatic rings.